The Morgan fingerprint density at radius 1 is 1.12 bits per heavy atom. The first-order valence-electron chi connectivity index (χ1n) is 7.79. The second-order valence-corrected chi connectivity index (χ2v) is 5.80. The fourth-order valence-corrected chi connectivity index (χ4v) is 2.76. The quantitative estimate of drug-likeness (QED) is 0.570. The lowest BCUT2D eigenvalue weighted by atomic mass is 9.77. The minimum absolute atomic E-state index is 0.148. The molecule has 0 radical (unpaired) electrons. The van der Waals surface area contributed by atoms with Gasteiger partial charge in [0.2, 0.25) is 5.91 Å². The molecule has 0 saturated carbocycles. The molecule has 3 rings (SSSR count). The molecule has 130 valence electrons. The number of halogens is 1. The van der Waals surface area contributed by atoms with E-state index in [0.29, 0.717) is 12.0 Å². The second-order valence-electron chi connectivity index (χ2n) is 5.80. The Morgan fingerprint density at radius 3 is 2.56 bits per heavy atom. The smallest absolute Gasteiger partial charge is 0.267 e. The molecule has 1 aliphatic carbocycles. The summed E-state index contributed by atoms with van der Waals surface area (Å²) in [6.45, 7) is 0.466. The molecule has 0 spiro atoms. The van der Waals surface area contributed by atoms with Crippen molar-refractivity contribution < 1.29 is 18.8 Å². The van der Waals surface area contributed by atoms with Crippen molar-refractivity contribution in [2.45, 2.75) is 12.3 Å². The van der Waals surface area contributed by atoms with Gasteiger partial charge in [0.1, 0.15) is 17.2 Å². The lowest BCUT2D eigenvalue weighted by molar-refractivity contribution is -0.123. The van der Waals surface area contributed by atoms with Crippen LogP contribution in [0.25, 0.3) is 0 Å². The first-order valence-corrected chi connectivity index (χ1v) is 7.79. The Balaban J connectivity index is 1.43. The van der Waals surface area contributed by atoms with E-state index in [0.717, 1.165) is 5.56 Å². The first-order chi connectivity index (χ1) is 12.0. The number of rotatable bonds is 6. The van der Waals surface area contributed by atoms with Crippen LogP contribution in [-0.4, -0.2) is 35.8 Å². The molecule has 1 atom stereocenters. The standard InChI is InChI=1S/C17H17FN4O3/c18-10-2-1-9-7-12(11(9)8-10)16(24)20-5-6-21-17(25)14-4-3-13(22-14)15(19)23/h1-4,8,12,22H,5-7H2,(H2,19,23)(H,20,24)(H,21,25). The van der Waals surface area contributed by atoms with E-state index in [4.69, 9.17) is 5.73 Å². The minimum Gasteiger partial charge on any atom is -0.364 e. The Hall–Kier alpha value is -3.16. The number of nitrogens with one attached hydrogen (secondary N) is 3. The predicted octanol–water partition coefficient (Wildman–Crippen LogP) is 0.439. The van der Waals surface area contributed by atoms with Gasteiger partial charge in [0.15, 0.2) is 0 Å². The van der Waals surface area contributed by atoms with Gasteiger partial charge in [-0.15, -0.1) is 0 Å². The van der Waals surface area contributed by atoms with Crippen LogP contribution in [0.5, 0.6) is 0 Å². The van der Waals surface area contributed by atoms with Gasteiger partial charge in [0, 0.05) is 13.1 Å². The summed E-state index contributed by atoms with van der Waals surface area (Å²) in [4.78, 5) is 37.5. The SMILES string of the molecule is NC(=O)c1ccc(C(=O)NCCNC(=O)C2Cc3ccc(F)cc32)[nH]1. The molecule has 1 heterocycles. The third-order valence-corrected chi connectivity index (χ3v) is 4.13. The molecule has 1 unspecified atom stereocenters. The van der Waals surface area contributed by atoms with E-state index in [-0.39, 0.29) is 42.1 Å². The van der Waals surface area contributed by atoms with E-state index in [9.17, 15) is 18.8 Å². The summed E-state index contributed by atoms with van der Waals surface area (Å²) >= 11 is 0. The number of H-pyrrole nitrogens is 1. The van der Waals surface area contributed by atoms with Crippen LogP contribution >= 0.6 is 0 Å². The van der Waals surface area contributed by atoms with E-state index >= 15 is 0 Å². The molecule has 3 amide bonds. The Bertz CT molecular complexity index is 846. The maximum atomic E-state index is 13.2. The number of hydrogen-bond donors (Lipinski definition) is 4. The van der Waals surface area contributed by atoms with E-state index in [2.05, 4.69) is 15.6 Å². The number of benzene rings is 1. The van der Waals surface area contributed by atoms with Crippen molar-refractivity contribution in [1.82, 2.24) is 15.6 Å². The number of primary amides is 1. The summed E-state index contributed by atoms with van der Waals surface area (Å²) < 4.78 is 13.2. The fourth-order valence-electron chi connectivity index (χ4n) is 2.76. The normalized spacial score (nSPS) is 15.0. The average Bonchev–Trinajstić information content (AvgIpc) is 3.05. The lowest BCUT2D eigenvalue weighted by Crippen LogP contribution is -2.40. The average molecular weight is 344 g/mol. The van der Waals surface area contributed by atoms with E-state index in [1.54, 1.807) is 6.07 Å². The van der Waals surface area contributed by atoms with Crippen molar-refractivity contribution in [2.75, 3.05) is 13.1 Å². The molecule has 7 nitrogen and oxygen atoms in total. The van der Waals surface area contributed by atoms with E-state index in [1.807, 2.05) is 0 Å². The predicted molar refractivity (Wildman–Crippen MR) is 87.5 cm³/mol. The van der Waals surface area contributed by atoms with Gasteiger partial charge >= 0.3 is 0 Å². The molecule has 0 aliphatic heterocycles. The number of nitrogens with two attached hydrogens (primary N) is 1. The van der Waals surface area contributed by atoms with E-state index in [1.165, 1.54) is 24.3 Å². The Labute approximate surface area is 142 Å². The highest BCUT2D eigenvalue weighted by Crippen LogP contribution is 2.35. The largest absolute Gasteiger partial charge is 0.364 e. The minimum atomic E-state index is -0.650. The van der Waals surface area contributed by atoms with Crippen molar-refractivity contribution in [3.63, 3.8) is 0 Å². The van der Waals surface area contributed by atoms with Crippen LogP contribution in [0.4, 0.5) is 4.39 Å². The van der Waals surface area contributed by atoms with Crippen LogP contribution in [0.3, 0.4) is 0 Å². The number of aromatic amines is 1. The highest BCUT2D eigenvalue weighted by atomic mass is 19.1. The summed E-state index contributed by atoms with van der Waals surface area (Å²) in [7, 11) is 0. The number of fused-ring (bicyclic) bond motifs is 1. The Kier molecular flexibility index (Phi) is 4.51. The zero-order valence-electron chi connectivity index (χ0n) is 13.3. The second kappa shape index (κ2) is 6.76. The van der Waals surface area contributed by atoms with Crippen molar-refractivity contribution in [3.05, 3.63) is 58.7 Å². The molecule has 1 aromatic carbocycles. The zero-order valence-corrected chi connectivity index (χ0v) is 13.3. The van der Waals surface area contributed by atoms with Gasteiger partial charge in [-0.3, -0.25) is 14.4 Å². The summed E-state index contributed by atoms with van der Waals surface area (Å²) in [5, 5.41) is 5.33. The number of carbonyl (C=O) groups excluding carboxylic acids is 3. The number of carbonyl (C=O) groups is 3. The molecule has 0 fully saturated rings. The zero-order chi connectivity index (χ0) is 18.0. The van der Waals surface area contributed by atoms with Gasteiger partial charge in [0.25, 0.3) is 11.8 Å². The van der Waals surface area contributed by atoms with Crippen molar-refractivity contribution in [3.8, 4) is 0 Å². The number of hydrogen-bond acceptors (Lipinski definition) is 3. The number of aromatic nitrogens is 1. The lowest BCUT2D eigenvalue weighted by Gasteiger charge is -2.29. The van der Waals surface area contributed by atoms with Gasteiger partial charge < -0.3 is 21.4 Å². The van der Waals surface area contributed by atoms with Crippen LogP contribution in [-0.2, 0) is 11.2 Å². The highest BCUT2D eigenvalue weighted by Gasteiger charge is 2.32. The Morgan fingerprint density at radius 2 is 1.84 bits per heavy atom. The van der Waals surface area contributed by atoms with Crippen LogP contribution in [0.2, 0.25) is 0 Å². The summed E-state index contributed by atoms with van der Waals surface area (Å²) in [6.07, 6.45) is 0.589. The van der Waals surface area contributed by atoms with Crippen molar-refractivity contribution >= 4 is 17.7 Å². The maximum Gasteiger partial charge on any atom is 0.267 e. The summed E-state index contributed by atoms with van der Waals surface area (Å²) in [5.74, 6) is -1.95. The molecule has 8 heteroatoms. The van der Waals surface area contributed by atoms with E-state index < -0.39 is 11.8 Å². The monoisotopic (exact) mass is 344 g/mol. The molecule has 1 aromatic heterocycles. The molecule has 5 N–H and O–H groups in total. The molecule has 1 aliphatic rings. The topological polar surface area (TPSA) is 117 Å². The van der Waals surface area contributed by atoms with Gasteiger partial charge in [-0.1, -0.05) is 6.07 Å². The molecular weight excluding hydrogens is 327 g/mol. The first kappa shape index (κ1) is 16.7. The summed E-state index contributed by atoms with van der Waals surface area (Å²) in [6, 6.07) is 7.32. The molecule has 0 bridgehead atoms. The third kappa shape index (κ3) is 3.52. The molecule has 0 saturated heterocycles. The molecule has 25 heavy (non-hydrogen) atoms. The van der Waals surface area contributed by atoms with Crippen LogP contribution in [0, 0.1) is 5.82 Å². The van der Waals surface area contributed by atoms with Gasteiger partial charge in [0.05, 0.1) is 5.92 Å². The third-order valence-electron chi connectivity index (χ3n) is 4.13. The van der Waals surface area contributed by atoms with Gasteiger partial charge in [-0.2, -0.15) is 0 Å². The number of amides is 3. The summed E-state index contributed by atoms with van der Waals surface area (Å²) in [5.41, 5.74) is 7.15. The van der Waals surface area contributed by atoms with Gasteiger partial charge in [-0.25, -0.2) is 4.39 Å². The van der Waals surface area contributed by atoms with Crippen molar-refractivity contribution in [1.29, 1.82) is 0 Å². The van der Waals surface area contributed by atoms with Crippen LogP contribution in [0.1, 0.15) is 38.0 Å². The highest BCUT2D eigenvalue weighted by molar-refractivity contribution is 5.96. The molecular formula is C17H17FN4O3. The van der Waals surface area contributed by atoms with Crippen LogP contribution < -0.4 is 16.4 Å². The van der Waals surface area contributed by atoms with Crippen LogP contribution in [0.15, 0.2) is 30.3 Å². The fraction of sp³-hybridized carbons (Fsp3) is 0.235. The molecule has 2 aromatic rings. The van der Waals surface area contributed by atoms with Gasteiger partial charge in [-0.05, 0) is 41.8 Å². The maximum absolute atomic E-state index is 13.2. The van der Waals surface area contributed by atoms with Crippen molar-refractivity contribution in [2.24, 2.45) is 5.73 Å².